The van der Waals surface area contributed by atoms with Gasteiger partial charge in [-0.3, -0.25) is 14.9 Å². The quantitative estimate of drug-likeness (QED) is 0.466. The van der Waals surface area contributed by atoms with Crippen LogP contribution in [-0.2, 0) is 11.2 Å². The van der Waals surface area contributed by atoms with Crippen molar-refractivity contribution in [3.05, 3.63) is 81.3 Å². The number of likely N-dealkylation sites (N-methyl/N-ethyl adjacent to an activating group) is 1. The largest absolute Gasteiger partial charge is 0.339 e. The molecular weight excluding hydrogens is 362 g/mol. The molecule has 6 nitrogen and oxygen atoms in total. The van der Waals surface area contributed by atoms with Crippen LogP contribution < -0.4 is 0 Å². The van der Waals surface area contributed by atoms with Crippen molar-refractivity contribution < 1.29 is 9.72 Å². The smallest absolute Gasteiger partial charge is 0.269 e. The lowest BCUT2D eigenvalue weighted by molar-refractivity contribution is -0.384. The lowest BCUT2D eigenvalue weighted by atomic mass is 10.1. The maximum absolute atomic E-state index is 12.6. The fourth-order valence-corrected chi connectivity index (χ4v) is 3.54. The first-order valence-corrected chi connectivity index (χ1v) is 9.33. The van der Waals surface area contributed by atoms with Crippen LogP contribution in [0.5, 0.6) is 0 Å². The molecule has 0 bridgehead atoms. The van der Waals surface area contributed by atoms with Gasteiger partial charge < -0.3 is 4.90 Å². The molecule has 0 fully saturated rings. The number of amides is 1. The lowest BCUT2D eigenvalue weighted by Gasteiger charge is -2.25. The fourth-order valence-electron chi connectivity index (χ4n) is 2.72. The number of carbonyl (C=O) groups excluding carboxylic acids is 1. The van der Waals surface area contributed by atoms with Gasteiger partial charge >= 0.3 is 0 Å². The van der Waals surface area contributed by atoms with E-state index in [4.69, 9.17) is 0 Å². The molecule has 1 unspecified atom stereocenters. The third kappa shape index (κ3) is 4.38. The SMILES string of the molecule is CC(c1cccc([N+](=O)[O-])c1)N(C)C(=O)Cc1csc(-c2ccccc2)n1. The molecule has 0 radical (unpaired) electrons. The predicted octanol–water partition coefficient (Wildman–Crippen LogP) is 4.48. The van der Waals surface area contributed by atoms with E-state index in [0.29, 0.717) is 0 Å². The number of thiazole rings is 1. The van der Waals surface area contributed by atoms with Gasteiger partial charge in [-0.2, -0.15) is 0 Å². The number of carbonyl (C=O) groups is 1. The molecule has 1 amide bonds. The molecule has 0 saturated carbocycles. The van der Waals surface area contributed by atoms with Gasteiger partial charge in [-0.25, -0.2) is 4.98 Å². The van der Waals surface area contributed by atoms with Gasteiger partial charge in [0.25, 0.3) is 5.69 Å². The van der Waals surface area contributed by atoms with Gasteiger partial charge in [0.2, 0.25) is 5.91 Å². The molecule has 1 atom stereocenters. The van der Waals surface area contributed by atoms with Crippen LogP contribution in [-0.4, -0.2) is 27.8 Å². The van der Waals surface area contributed by atoms with Crippen molar-refractivity contribution in [2.24, 2.45) is 0 Å². The van der Waals surface area contributed by atoms with Crippen molar-refractivity contribution in [2.45, 2.75) is 19.4 Å². The summed E-state index contributed by atoms with van der Waals surface area (Å²) in [5.41, 5.74) is 2.50. The van der Waals surface area contributed by atoms with Gasteiger partial charge in [0.1, 0.15) is 5.01 Å². The highest BCUT2D eigenvalue weighted by atomic mass is 32.1. The minimum Gasteiger partial charge on any atom is -0.339 e. The Balaban J connectivity index is 1.70. The van der Waals surface area contributed by atoms with Gasteiger partial charge in [0, 0.05) is 30.1 Å². The summed E-state index contributed by atoms with van der Waals surface area (Å²) >= 11 is 1.51. The van der Waals surface area contributed by atoms with E-state index in [2.05, 4.69) is 4.98 Å². The average Bonchev–Trinajstić information content (AvgIpc) is 3.16. The topological polar surface area (TPSA) is 76.3 Å². The van der Waals surface area contributed by atoms with Crippen LogP contribution in [0.1, 0.15) is 24.2 Å². The maximum atomic E-state index is 12.6. The number of hydrogen-bond acceptors (Lipinski definition) is 5. The molecule has 0 aliphatic carbocycles. The van der Waals surface area contributed by atoms with Crippen LogP contribution in [0.2, 0.25) is 0 Å². The molecule has 0 aliphatic rings. The Morgan fingerprint density at radius 3 is 2.67 bits per heavy atom. The summed E-state index contributed by atoms with van der Waals surface area (Å²) < 4.78 is 0. The van der Waals surface area contributed by atoms with Crippen molar-refractivity contribution in [1.29, 1.82) is 0 Å². The Kier molecular flexibility index (Phi) is 5.61. The Labute approximate surface area is 161 Å². The van der Waals surface area contributed by atoms with E-state index in [1.54, 1.807) is 24.1 Å². The summed E-state index contributed by atoms with van der Waals surface area (Å²) in [4.78, 5) is 29.3. The summed E-state index contributed by atoms with van der Waals surface area (Å²) in [6.07, 6.45) is 0.194. The van der Waals surface area contributed by atoms with Crippen LogP contribution >= 0.6 is 11.3 Å². The summed E-state index contributed by atoms with van der Waals surface area (Å²) in [5.74, 6) is -0.0843. The molecule has 27 heavy (non-hydrogen) atoms. The zero-order chi connectivity index (χ0) is 19.4. The van der Waals surface area contributed by atoms with Gasteiger partial charge in [-0.05, 0) is 12.5 Å². The van der Waals surface area contributed by atoms with E-state index in [0.717, 1.165) is 21.8 Å². The van der Waals surface area contributed by atoms with Crippen molar-refractivity contribution >= 4 is 22.9 Å². The van der Waals surface area contributed by atoms with Crippen molar-refractivity contribution in [3.63, 3.8) is 0 Å². The highest BCUT2D eigenvalue weighted by molar-refractivity contribution is 7.13. The molecule has 0 saturated heterocycles. The Morgan fingerprint density at radius 2 is 1.96 bits per heavy atom. The van der Waals surface area contributed by atoms with E-state index in [-0.39, 0.29) is 24.1 Å². The van der Waals surface area contributed by atoms with Crippen LogP contribution in [0.3, 0.4) is 0 Å². The minimum absolute atomic E-state index is 0.0206. The Morgan fingerprint density at radius 1 is 1.22 bits per heavy atom. The van der Waals surface area contributed by atoms with E-state index in [9.17, 15) is 14.9 Å². The fraction of sp³-hybridized carbons (Fsp3) is 0.200. The average molecular weight is 381 g/mol. The first-order chi connectivity index (χ1) is 13.0. The second-order valence-electron chi connectivity index (χ2n) is 6.22. The molecule has 7 heteroatoms. The van der Waals surface area contributed by atoms with Crippen LogP contribution in [0.25, 0.3) is 10.6 Å². The summed E-state index contributed by atoms with van der Waals surface area (Å²) in [5, 5.41) is 13.7. The number of rotatable bonds is 6. The third-order valence-electron chi connectivity index (χ3n) is 4.44. The van der Waals surface area contributed by atoms with Gasteiger partial charge in [0.15, 0.2) is 0 Å². The summed E-state index contributed by atoms with van der Waals surface area (Å²) in [7, 11) is 1.70. The van der Waals surface area contributed by atoms with Crippen LogP contribution in [0.4, 0.5) is 5.69 Å². The standard InChI is InChI=1S/C20H19N3O3S/c1-14(16-9-6-10-18(11-16)23(25)26)22(2)19(24)12-17-13-27-20(21-17)15-7-4-3-5-8-15/h3-11,13-14H,12H2,1-2H3. The Hall–Kier alpha value is -3.06. The third-order valence-corrected chi connectivity index (χ3v) is 5.38. The first kappa shape index (κ1) is 18.7. The van der Waals surface area contributed by atoms with Crippen molar-refractivity contribution in [2.75, 3.05) is 7.05 Å². The summed E-state index contributed by atoms with van der Waals surface area (Å²) in [6.45, 7) is 1.85. The van der Waals surface area contributed by atoms with Crippen molar-refractivity contribution in [3.8, 4) is 10.6 Å². The molecule has 2 aromatic carbocycles. The molecule has 0 N–H and O–H groups in total. The zero-order valence-corrected chi connectivity index (χ0v) is 15.8. The number of hydrogen-bond donors (Lipinski definition) is 0. The number of nitrogens with zero attached hydrogens (tertiary/aromatic N) is 3. The Bertz CT molecular complexity index is 956. The highest BCUT2D eigenvalue weighted by Crippen LogP contribution is 2.26. The van der Waals surface area contributed by atoms with E-state index >= 15 is 0 Å². The molecule has 1 heterocycles. The normalized spacial score (nSPS) is 11.8. The van der Waals surface area contributed by atoms with Gasteiger partial charge in [-0.15, -0.1) is 11.3 Å². The highest BCUT2D eigenvalue weighted by Gasteiger charge is 2.20. The van der Waals surface area contributed by atoms with Gasteiger partial charge in [0.05, 0.1) is 23.1 Å². The molecule has 3 rings (SSSR count). The predicted molar refractivity (Wildman–Crippen MR) is 106 cm³/mol. The lowest BCUT2D eigenvalue weighted by Crippen LogP contribution is -2.31. The molecule has 1 aromatic heterocycles. The molecule has 3 aromatic rings. The maximum Gasteiger partial charge on any atom is 0.269 e. The number of nitro benzene ring substituents is 1. The first-order valence-electron chi connectivity index (χ1n) is 8.45. The molecule has 138 valence electrons. The monoisotopic (exact) mass is 381 g/mol. The minimum atomic E-state index is -0.432. The molecular formula is C20H19N3O3S. The zero-order valence-electron chi connectivity index (χ0n) is 15.0. The number of aromatic nitrogens is 1. The number of benzene rings is 2. The second kappa shape index (κ2) is 8.09. The van der Waals surface area contributed by atoms with Crippen LogP contribution in [0.15, 0.2) is 60.0 Å². The van der Waals surface area contributed by atoms with Crippen LogP contribution in [0, 0.1) is 10.1 Å². The number of non-ortho nitro benzene ring substituents is 1. The van der Waals surface area contributed by atoms with Gasteiger partial charge in [-0.1, -0.05) is 42.5 Å². The molecule has 0 spiro atoms. The van der Waals surface area contributed by atoms with E-state index < -0.39 is 4.92 Å². The molecule has 0 aliphatic heterocycles. The van der Waals surface area contributed by atoms with E-state index in [1.165, 1.54) is 23.5 Å². The number of nitro groups is 1. The van der Waals surface area contributed by atoms with Crippen molar-refractivity contribution in [1.82, 2.24) is 9.88 Å². The second-order valence-corrected chi connectivity index (χ2v) is 7.08. The summed E-state index contributed by atoms with van der Waals surface area (Å²) in [6, 6.07) is 15.9. The van der Waals surface area contributed by atoms with E-state index in [1.807, 2.05) is 42.6 Å².